The van der Waals surface area contributed by atoms with Crippen LogP contribution in [0.4, 0.5) is 0 Å². The predicted molar refractivity (Wildman–Crippen MR) is 124 cm³/mol. The maximum atomic E-state index is 13.3. The van der Waals surface area contributed by atoms with Crippen LogP contribution in [0.3, 0.4) is 0 Å². The standard InChI is InChI=1S/C27H46O5/c1-14(2)10-23(30)25(32)15(3)17-6-7-18-16-11-21(28)20-12-22(29)24(31)13-27(20,5)19(16)8-9-26(17,18)4/h14-20,22-25,29-32H,6-13H2,1-5H3/t15-,16?,17?,18?,19?,20?,22-,23+,24+,25+,26+,27+/m0/s1. The number of aliphatic hydroxyl groups is 4. The highest BCUT2D eigenvalue weighted by Crippen LogP contribution is 2.67. The van der Waals surface area contributed by atoms with Crippen molar-refractivity contribution in [2.24, 2.45) is 52.3 Å². The van der Waals surface area contributed by atoms with Crippen LogP contribution in [0.1, 0.15) is 86.0 Å². The summed E-state index contributed by atoms with van der Waals surface area (Å²) in [6.45, 7) is 10.8. The zero-order valence-corrected chi connectivity index (χ0v) is 20.7. The van der Waals surface area contributed by atoms with Gasteiger partial charge >= 0.3 is 0 Å². The van der Waals surface area contributed by atoms with Crippen LogP contribution >= 0.6 is 0 Å². The van der Waals surface area contributed by atoms with Gasteiger partial charge in [0.15, 0.2) is 0 Å². The van der Waals surface area contributed by atoms with Gasteiger partial charge in [-0.1, -0.05) is 34.6 Å². The lowest BCUT2D eigenvalue weighted by Crippen LogP contribution is -2.59. The molecule has 0 aromatic rings. The van der Waals surface area contributed by atoms with E-state index in [1.165, 1.54) is 0 Å². The van der Waals surface area contributed by atoms with Gasteiger partial charge < -0.3 is 20.4 Å². The third-order valence-electron chi connectivity index (χ3n) is 10.8. The SMILES string of the molecule is CC(C)C[C@@H](O)[C@H](O)[C@@H](C)C1CCC2C3CC(=O)C4C[C@H](O)[C@H](O)C[C@]4(C)C3CC[C@@]21C. The third-order valence-corrected chi connectivity index (χ3v) is 10.8. The van der Waals surface area contributed by atoms with E-state index >= 15 is 0 Å². The second-order valence-electron chi connectivity index (χ2n) is 13.0. The molecule has 4 aliphatic rings. The van der Waals surface area contributed by atoms with E-state index in [-0.39, 0.29) is 28.4 Å². The van der Waals surface area contributed by atoms with Crippen molar-refractivity contribution in [2.45, 2.75) is 110 Å². The Kier molecular flexibility index (Phi) is 6.64. The maximum absolute atomic E-state index is 13.3. The number of hydrogen-bond acceptors (Lipinski definition) is 5. The van der Waals surface area contributed by atoms with Gasteiger partial charge in [-0.15, -0.1) is 0 Å². The van der Waals surface area contributed by atoms with Gasteiger partial charge in [0, 0.05) is 12.3 Å². The van der Waals surface area contributed by atoms with E-state index in [2.05, 4.69) is 34.6 Å². The molecule has 0 bridgehead atoms. The molecule has 0 spiro atoms. The average molecular weight is 451 g/mol. The van der Waals surface area contributed by atoms with E-state index in [0.717, 1.165) is 25.7 Å². The van der Waals surface area contributed by atoms with Crippen LogP contribution in [-0.2, 0) is 4.79 Å². The zero-order valence-electron chi connectivity index (χ0n) is 20.7. The highest BCUT2D eigenvalue weighted by molar-refractivity contribution is 5.83. The molecule has 4 aliphatic carbocycles. The highest BCUT2D eigenvalue weighted by Gasteiger charge is 2.63. The van der Waals surface area contributed by atoms with Crippen LogP contribution in [0.15, 0.2) is 0 Å². The molecule has 0 aromatic carbocycles. The minimum atomic E-state index is -0.780. The number of hydrogen-bond donors (Lipinski definition) is 4. The summed E-state index contributed by atoms with van der Waals surface area (Å²) in [5, 5.41) is 42.3. The lowest BCUT2D eigenvalue weighted by atomic mass is 9.44. The Morgan fingerprint density at radius 2 is 1.62 bits per heavy atom. The lowest BCUT2D eigenvalue weighted by Gasteiger charge is -2.61. The summed E-state index contributed by atoms with van der Waals surface area (Å²) < 4.78 is 0. The van der Waals surface area contributed by atoms with Gasteiger partial charge in [0.1, 0.15) is 5.78 Å². The molecular formula is C27H46O5. The average Bonchev–Trinajstić information content (AvgIpc) is 3.06. The molecule has 0 aliphatic heterocycles. The quantitative estimate of drug-likeness (QED) is 0.513. The molecule has 4 rings (SSSR count). The van der Waals surface area contributed by atoms with Crippen molar-refractivity contribution < 1.29 is 25.2 Å². The van der Waals surface area contributed by atoms with E-state index in [1.54, 1.807) is 0 Å². The molecule has 4 N–H and O–H groups in total. The summed E-state index contributed by atoms with van der Waals surface area (Å²) in [7, 11) is 0. The summed E-state index contributed by atoms with van der Waals surface area (Å²) in [4.78, 5) is 13.3. The first-order chi connectivity index (χ1) is 14.9. The molecule has 32 heavy (non-hydrogen) atoms. The largest absolute Gasteiger partial charge is 0.390 e. The van der Waals surface area contributed by atoms with Gasteiger partial charge in [0.25, 0.3) is 0 Å². The molecule has 5 heteroatoms. The number of aliphatic hydroxyl groups excluding tert-OH is 4. The Morgan fingerprint density at radius 3 is 2.28 bits per heavy atom. The van der Waals surface area contributed by atoms with Crippen LogP contribution in [0.5, 0.6) is 0 Å². The fourth-order valence-electron chi connectivity index (χ4n) is 9.19. The molecule has 0 saturated heterocycles. The minimum absolute atomic E-state index is 0.0320. The Labute approximate surface area is 194 Å². The molecule has 0 amide bonds. The summed E-state index contributed by atoms with van der Waals surface area (Å²) in [6, 6.07) is 0. The molecule has 4 fully saturated rings. The van der Waals surface area contributed by atoms with Crippen LogP contribution in [-0.4, -0.2) is 50.6 Å². The van der Waals surface area contributed by atoms with E-state index < -0.39 is 24.4 Å². The Bertz CT molecular complexity index is 708. The van der Waals surface area contributed by atoms with Crippen LogP contribution in [0.25, 0.3) is 0 Å². The van der Waals surface area contributed by atoms with Crippen LogP contribution in [0.2, 0.25) is 0 Å². The Balaban J connectivity index is 1.55. The number of Topliss-reactive ketones (excluding diaryl/α,β-unsaturated/α-hetero) is 1. The maximum Gasteiger partial charge on any atom is 0.136 e. The Morgan fingerprint density at radius 1 is 0.969 bits per heavy atom. The highest BCUT2D eigenvalue weighted by atomic mass is 16.3. The van der Waals surface area contributed by atoms with Crippen molar-refractivity contribution in [3.05, 3.63) is 0 Å². The fraction of sp³-hybridized carbons (Fsp3) is 0.963. The summed E-state index contributed by atoms with van der Waals surface area (Å²) in [6.07, 6.45) is 3.50. The first-order valence-corrected chi connectivity index (χ1v) is 13.1. The smallest absolute Gasteiger partial charge is 0.136 e. The number of rotatable bonds is 5. The molecule has 12 atom stereocenters. The van der Waals surface area contributed by atoms with Gasteiger partial charge in [0.05, 0.1) is 24.4 Å². The van der Waals surface area contributed by atoms with Gasteiger partial charge in [-0.05, 0) is 91.3 Å². The predicted octanol–water partition coefficient (Wildman–Crippen LogP) is 3.56. The molecule has 0 radical (unpaired) electrons. The second kappa shape index (κ2) is 8.62. The van der Waals surface area contributed by atoms with Crippen molar-refractivity contribution >= 4 is 5.78 Å². The summed E-state index contributed by atoms with van der Waals surface area (Å²) in [5.41, 5.74) is -0.147. The number of fused-ring (bicyclic) bond motifs is 5. The minimum Gasteiger partial charge on any atom is -0.390 e. The van der Waals surface area contributed by atoms with Gasteiger partial charge in [-0.2, -0.15) is 0 Å². The first kappa shape index (κ1) is 24.6. The van der Waals surface area contributed by atoms with Crippen molar-refractivity contribution in [3.63, 3.8) is 0 Å². The second-order valence-corrected chi connectivity index (χ2v) is 13.0. The number of carbonyl (C=O) groups excluding carboxylic acids is 1. The molecule has 0 aromatic heterocycles. The Hall–Kier alpha value is -0.490. The van der Waals surface area contributed by atoms with E-state index in [9.17, 15) is 25.2 Å². The van der Waals surface area contributed by atoms with Crippen molar-refractivity contribution in [1.29, 1.82) is 0 Å². The zero-order chi connectivity index (χ0) is 23.6. The van der Waals surface area contributed by atoms with Gasteiger partial charge in [-0.3, -0.25) is 4.79 Å². The van der Waals surface area contributed by atoms with Crippen molar-refractivity contribution in [2.75, 3.05) is 0 Å². The van der Waals surface area contributed by atoms with E-state index in [0.29, 0.717) is 55.3 Å². The van der Waals surface area contributed by atoms with Crippen LogP contribution in [0, 0.1) is 52.3 Å². The van der Waals surface area contributed by atoms with Gasteiger partial charge in [0.2, 0.25) is 0 Å². The van der Waals surface area contributed by atoms with Crippen molar-refractivity contribution in [3.8, 4) is 0 Å². The molecule has 184 valence electrons. The lowest BCUT2D eigenvalue weighted by molar-refractivity contribution is -0.174. The monoisotopic (exact) mass is 450 g/mol. The molecule has 0 heterocycles. The first-order valence-electron chi connectivity index (χ1n) is 13.1. The van der Waals surface area contributed by atoms with E-state index in [4.69, 9.17) is 0 Å². The molecule has 5 nitrogen and oxygen atoms in total. The molecule has 5 unspecified atom stereocenters. The van der Waals surface area contributed by atoms with Gasteiger partial charge in [-0.25, -0.2) is 0 Å². The number of ketones is 1. The summed E-state index contributed by atoms with van der Waals surface area (Å²) in [5.74, 6) is 2.09. The molecule has 4 saturated carbocycles. The fourth-order valence-corrected chi connectivity index (χ4v) is 9.19. The van der Waals surface area contributed by atoms with E-state index in [1.807, 2.05) is 0 Å². The summed E-state index contributed by atoms with van der Waals surface area (Å²) >= 11 is 0. The van der Waals surface area contributed by atoms with Crippen LogP contribution < -0.4 is 0 Å². The molecular weight excluding hydrogens is 404 g/mol. The normalized spacial score (nSPS) is 49.2. The topological polar surface area (TPSA) is 98.0 Å². The van der Waals surface area contributed by atoms with Crippen molar-refractivity contribution in [1.82, 2.24) is 0 Å². The number of carbonyl (C=O) groups is 1. The third kappa shape index (κ3) is 3.79.